The molecule has 0 bridgehead atoms. The van der Waals surface area contributed by atoms with Crippen LogP contribution in [0.1, 0.15) is 37.8 Å². The van der Waals surface area contributed by atoms with Gasteiger partial charge in [-0.3, -0.25) is 0 Å². The van der Waals surface area contributed by atoms with Gasteiger partial charge < -0.3 is 10.2 Å². The zero-order valence-corrected chi connectivity index (χ0v) is 9.33. The van der Waals surface area contributed by atoms with Gasteiger partial charge in [-0.05, 0) is 37.8 Å². The van der Waals surface area contributed by atoms with Crippen molar-refractivity contribution in [2.24, 2.45) is 0 Å². The number of aliphatic hydroxyl groups is 2. The molecule has 2 nitrogen and oxygen atoms in total. The number of hydrogen-bond acceptors (Lipinski definition) is 2. The predicted octanol–water partition coefficient (Wildman–Crippen LogP) is 1.98. The van der Waals surface area contributed by atoms with Gasteiger partial charge in [0, 0.05) is 6.42 Å². The second-order valence-corrected chi connectivity index (χ2v) is 5.18. The van der Waals surface area contributed by atoms with Gasteiger partial charge in [-0.2, -0.15) is 0 Å². The van der Waals surface area contributed by atoms with Gasteiger partial charge in [0.05, 0.1) is 11.2 Å². The highest BCUT2D eigenvalue weighted by molar-refractivity contribution is 5.36. The second-order valence-electron chi connectivity index (χ2n) is 5.18. The van der Waals surface area contributed by atoms with Crippen molar-refractivity contribution in [2.45, 2.75) is 44.3 Å². The molecular formula is C13H18O2. The molecule has 1 fully saturated rings. The maximum atomic E-state index is 10.1. The molecule has 0 unspecified atom stereocenters. The molecule has 0 atom stereocenters. The molecule has 1 aliphatic rings. The summed E-state index contributed by atoms with van der Waals surface area (Å²) in [6.45, 7) is 3.58. The average Bonchev–Trinajstić information content (AvgIpc) is 2.83. The first-order valence-electron chi connectivity index (χ1n) is 5.44. The fraction of sp³-hybridized carbons (Fsp3) is 0.538. The van der Waals surface area contributed by atoms with Gasteiger partial charge in [-0.25, -0.2) is 0 Å². The Morgan fingerprint density at radius 2 is 1.87 bits per heavy atom. The molecule has 2 rings (SSSR count). The third-order valence-electron chi connectivity index (χ3n) is 2.87. The minimum absolute atomic E-state index is 0.589. The van der Waals surface area contributed by atoms with Gasteiger partial charge in [0.2, 0.25) is 0 Å². The SMILES string of the molecule is CC(C)(O)Cc1ccccc1C1(O)CC1. The lowest BCUT2D eigenvalue weighted by molar-refractivity contribution is 0.0792. The summed E-state index contributed by atoms with van der Waals surface area (Å²) in [5.41, 5.74) is 0.723. The molecule has 0 saturated heterocycles. The third kappa shape index (κ3) is 2.39. The third-order valence-corrected chi connectivity index (χ3v) is 2.87. The highest BCUT2D eigenvalue weighted by Crippen LogP contribution is 2.46. The molecule has 0 amide bonds. The van der Waals surface area contributed by atoms with Gasteiger partial charge in [0.25, 0.3) is 0 Å². The van der Waals surface area contributed by atoms with Crippen LogP contribution in [0.15, 0.2) is 24.3 Å². The van der Waals surface area contributed by atoms with Crippen molar-refractivity contribution in [2.75, 3.05) is 0 Å². The average molecular weight is 206 g/mol. The Labute approximate surface area is 90.6 Å². The van der Waals surface area contributed by atoms with Crippen LogP contribution in [0.5, 0.6) is 0 Å². The van der Waals surface area contributed by atoms with Crippen LogP contribution in [-0.4, -0.2) is 15.8 Å². The van der Waals surface area contributed by atoms with Crippen molar-refractivity contribution in [3.63, 3.8) is 0 Å². The molecular weight excluding hydrogens is 188 g/mol. The minimum atomic E-state index is -0.721. The van der Waals surface area contributed by atoms with Crippen LogP contribution >= 0.6 is 0 Å². The summed E-state index contributed by atoms with van der Waals surface area (Å²) in [5, 5.41) is 19.9. The zero-order valence-electron chi connectivity index (χ0n) is 9.33. The molecule has 82 valence electrons. The maximum absolute atomic E-state index is 10.1. The Bertz CT molecular complexity index is 359. The van der Waals surface area contributed by atoms with Crippen molar-refractivity contribution in [3.8, 4) is 0 Å². The van der Waals surface area contributed by atoms with Gasteiger partial charge in [0.15, 0.2) is 0 Å². The lowest BCUT2D eigenvalue weighted by atomic mass is 9.92. The standard InChI is InChI=1S/C13H18O2/c1-12(2,14)9-10-5-3-4-6-11(10)13(15)7-8-13/h3-6,14-15H,7-9H2,1-2H3. The quantitative estimate of drug-likeness (QED) is 0.794. The molecule has 0 spiro atoms. The first-order valence-corrected chi connectivity index (χ1v) is 5.44. The zero-order chi connectivity index (χ0) is 11.1. The van der Waals surface area contributed by atoms with Crippen molar-refractivity contribution < 1.29 is 10.2 Å². The van der Waals surface area contributed by atoms with Crippen LogP contribution in [0.2, 0.25) is 0 Å². The molecule has 0 heterocycles. The molecule has 0 aliphatic heterocycles. The first-order chi connectivity index (χ1) is 6.91. The molecule has 1 aromatic carbocycles. The maximum Gasteiger partial charge on any atom is 0.0901 e. The molecule has 1 aliphatic carbocycles. The lowest BCUT2D eigenvalue weighted by Crippen LogP contribution is -2.23. The highest BCUT2D eigenvalue weighted by atomic mass is 16.3. The summed E-state index contributed by atoms with van der Waals surface area (Å²) in [4.78, 5) is 0. The van der Waals surface area contributed by atoms with E-state index in [1.807, 2.05) is 24.3 Å². The van der Waals surface area contributed by atoms with Crippen LogP contribution in [0, 0.1) is 0 Å². The fourth-order valence-electron chi connectivity index (χ4n) is 1.98. The largest absolute Gasteiger partial charge is 0.390 e. The number of rotatable bonds is 3. The second kappa shape index (κ2) is 3.32. The van der Waals surface area contributed by atoms with E-state index in [1.165, 1.54) is 0 Å². The fourth-order valence-corrected chi connectivity index (χ4v) is 1.98. The molecule has 2 heteroatoms. The van der Waals surface area contributed by atoms with E-state index in [1.54, 1.807) is 13.8 Å². The molecule has 1 saturated carbocycles. The van der Waals surface area contributed by atoms with Crippen LogP contribution in [-0.2, 0) is 12.0 Å². The van der Waals surface area contributed by atoms with E-state index < -0.39 is 11.2 Å². The van der Waals surface area contributed by atoms with Gasteiger partial charge >= 0.3 is 0 Å². The van der Waals surface area contributed by atoms with Crippen LogP contribution in [0.25, 0.3) is 0 Å². The van der Waals surface area contributed by atoms with E-state index in [2.05, 4.69) is 0 Å². The molecule has 0 aromatic heterocycles. The normalized spacial score (nSPS) is 18.9. The lowest BCUT2D eigenvalue weighted by Gasteiger charge is -2.21. The minimum Gasteiger partial charge on any atom is -0.390 e. The Hall–Kier alpha value is -0.860. The van der Waals surface area contributed by atoms with E-state index in [4.69, 9.17) is 0 Å². The summed E-state index contributed by atoms with van der Waals surface area (Å²) in [5.74, 6) is 0. The summed E-state index contributed by atoms with van der Waals surface area (Å²) in [6.07, 6.45) is 2.28. The van der Waals surface area contributed by atoms with Crippen molar-refractivity contribution >= 4 is 0 Å². The van der Waals surface area contributed by atoms with Crippen LogP contribution < -0.4 is 0 Å². The summed E-state index contributed by atoms with van der Waals surface area (Å²) >= 11 is 0. The number of hydrogen-bond donors (Lipinski definition) is 2. The van der Waals surface area contributed by atoms with E-state index in [9.17, 15) is 10.2 Å². The summed E-state index contributed by atoms with van der Waals surface area (Å²) in [7, 11) is 0. The number of benzene rings is 1. The van der Waals surface area contributed by atoms with Crippen molar-refractivity contribution in [1.29, 1.82) is 0 Å². The topological polar surface area (TPSA) is 40.5 Å². The van der Waals surface area contributed by atoms with E-state index in [0.29, 0.717) is 6.42 Å². The van der Waals surface area contributed by atoms with Crippen molar-refractivity contribution in [3.05, 3.63) is 35.4 Å². The van der Waals surface area contributed by atoms with Crippen LogP contribution in [0.4, 0.5) is 0 Å². The molecule has 0 radical (unpaired) electrons. The smallest absolute Gasteiger partial charge is 0.0901 e. The van der Waals surface area contributed by atoms with E-state index in [0.717, 1.165) is 24.0 Å². The molecule has 1 aromatic rings. The Balaban J connectivity index is 2.31. The molecule has 2 N–H and O–H groups in total. The molecule has 15 heavy (non-hydrogen) atoms. The Kier molecular flexibility index (Phi) is 2.36. The van der Waals surface area contributed by atoms with E-state index >= 15 is 0 Å². The predicted molar refractivity (Wildman–Crippen MR) is 59.6 cm³/mol. The first kappa shape index (κ1) is 10.7. The van der Waals surface area contributed by atoms with Crippen LogP contribution in [0.3, 0.4) is 0 Å². The van der Waals surface area contributed by atoms with Gasteiger partial charge in [0.1, 0.15) is 0 Å². The van der Waals surface area contributed by atoms with Gasteiger partial charge in [-0.1, -0.05) is 24.3 Å². The Morgan fingerprint density at radius 3 is 2.40 bits per heavy atom. The van der Waals surface area contributed by atoms with Crippen molar-refractivity contribution in [1.82, 2.24) is 0 Å². The highest BCUT2D eigenvalue weighted by Gasteiger charge is 2.43. The Morgan fingerprint density at radius 1 is 1.27 bits per heavy atom. The summed E-state index contributed by atoms with van der Waals surface area (Å²) < 4.78 is 0. The summed E-state index contributed by atoms with van der Waals surface area (Å²) in [6, 6.07) is 7.85. The van der Waals surface area contributed by atoms with Gasteiger partial charge in [-0.15, -0.1) is 0 Å². The van der Waals surface area contributed by atoms with E-state index in [-0.39, 0.29) is 0 Å². The monoisotopic (exact) mass is 206 g/mol.